The molecule has 102 valence electrons. The summed E-state index contributed by atoms with van der Waals surface area (Å²) in [6.07, 6.45) is 0.718. The van der Waals surface area contributed by atoms with Crippen LogP contribution in [0.4, 0.5) is 0 Å². The van der Waals surface area contributed by atoms with Crippen molar-refractivity contribution < 1.29 is 4.79 Å². The SMILES string of the molecule is O=C1NC[C@H](c2ccccc2)N[C@H]1Cc1ccccc1. The van der Waals surface area contributed by atoms with E-state index in [0.29, 0.717) is 6.54 Å². The molecule has 1 fully saturated rings. The van der Waals surface area contributed by atoms with Crippen LogP contribution in [-0.4, -0.2) is 18.5 Å². The minimum absolute atomic E-state index is 0.0843. The third kappa shape index (κ3) is 2.89. The Labute approximate surface area is 119 Å². The molecule has 2 aromatic rings. The fourth-order valence-corrected chi connectivity index (χ4v) is 2.60. The summed E-state index contributed by atoms with van der Waals surface area (Å²) in [6, 6.07) is 20.4. The highest BCUT2D eigenvalue weighted by Crippen LogP contribution is 2.17. The molecule has 0 bridgehead atoms. The summed E-state index contributed by atoms with van der Waals surface area (Å²) < 4.78 is 0. The Hall–Kier alpha value is -2.13. The molecule has 0 aliphatic carbocycles. The predicted octanol–water partition coefficient (Wildman–Crippen LogP) is 2.06. The first kappa shape index (κ1) is 12.9. The van der Waals surface area contributed by atoms with Gasteiger partial charge in [0.25, 0.3) is 0 Å². The number of carbonyl (C=O) groups is 1. The van der Waals surface area contributed by atoms with Crippen molar-refractivity contribution >= 4 is 5.91 Å². The Bertz CT molecular complexity index is 568. The van der Waals surface area contributed by atoms with E-state index in [9.17, 15) is 4.79 Å². The Balaban J connectivity index is 1.72. The van der Waals surface area contributed by atoms with Gasteiger partial charge in [0.2, 0.25) is 5.91 Å². The van der Waals surface area contributed by atoms with Gasteiger partial charge in [-0.2, -0.15) is 0 Å². The molecule has 2 N–H and O–H groups in total. The zero-order valence-corrected chi connectivity index (χ0v) is 11.3. The molecule has 0 saturated carbocycles. The second-order valence-electron chi connectivity index (χ2n) is 5.12. The second kappa shape index (κ2) is 5.88. The van der Waals surface area contributed by atoms with Gasteiger partial charge in [0.1, 0.15) is 0 Å². The lowest BCUT2D eigenvalue weighted by Gasteiger charge is -2.31. The molecule has 1 heterocycles. The highest BCUT2D eigenvalue weighted by molar-refractivity contribution is 5.83. The van der Waals surface area contributed by atoms with Crippen LogP contribution in [0.5, 0.6) is 0 Å². The van der Waals surface area contributed by atoms with Crippen LogP contribution in [0.25, 0.3) is 0 Å². The summed E-state index contributed by atoms with van der Waals surface area (Å²) in [5, 5.41) is 6.46. The average molecular weight is 266 g/mol. The second-order valence-corrected chi connectivity index (χ2v) is 5.12. The van der Waals surface area contributed by atoms with Crippen LogP contribution in [0, 0.1) is 0 Å². The van der Waals surface area contributed by atoms with E-state index < -0.39 is 0 Å². The van der Waals surface area contributed by atoms with Crippen molar-refractivity contribution in [1.29, 1.82) is 0 Å². The summed E-state index contributed by atoms with van der Waals surface area (Å²) in [7, 11) is 0. The highest BCUT2D eigenvalue weighted by atomic mass is 16.2. The van der Waals surface area contributed by atoms with Crippen molar-refractivity contribution in [3.63, 3.8) is 0 Å². The molecule has 20 heavy (non-hydrogen) atoms. The molecular weight excluding hydrogens is 248 g/mol. The molecule has 3 heteroatoms. The van der Waals surface area contributed by atoms with Crippen LogP contribution >= 0.6 is 0 Å². The van der Waals surface area contributed by atoms with Crippen LogP contribution in [0.1, 0.15) is 17.2 Å². The standard InChI is InChI=1S/C17H18N2O/c20-17-15(11-13-7-3-1-4-8-13)19-16(12-18-17)14-9-5-2-6-10-14/h1-10,15-16,19H,11-12H2,(H,18,20)/t15-,16+/m0/s1. The summed E-state index contributed by atoms with van der Waals surface area (Å²) in [5.41, 5.74) is 2.39. The van der Waals surface area contributed by atoms with Gasteiger partial charge in [-0.1, -0.05) is 60.7 Å². The predicted molar refractivity (Wildman–Crippen MR) is 79.3 cm³/mol. The summed E-state index contributed by atoms with van der Waals surface area (Å²) in [6.45, 7) is 0.647. The van der Waals surface area contributed by atoms with Crippen molar-refractivity contribution in [1.82, 2.24) is 10.6 Å². The molecule has 1 aliphatic rings. The van der Waals surface area contributed by atoms with Crippen molar-refractivity contribution in [2.24, 2.45) is 0 Å². The monoisotopic (exact) mass is 266 g/mol. The number of nitrogens with one attached hydrogen (secondary N) is 2. The number of piperazine rings is 1. The van der Waals surface area contributed by atoms with E-state index in [1.807, 2.05) is 36.4 Å². The zero-order chi connectivity index (χ0) is 13.8. The number of rotatable bonds is 3. The lowest BCUT2D eigenvalue weighted by Crippen LogP contribution is -2.55. The number of hydrogen-bond acceptors (Lipinski definition) is 2. The largest absolute Gasteiger partial charge is 0.353 e. The Morgan fingerprint density at radius 1 is 0.950 bits per heavy atom. The van der Waals surface area contributed by atoms with Gasteiger partial charge in [-0.15, -0.1) is 0 Å². The van der Waals surface area contributed by atoms with Gasteiger partial charge in [0.05, 0.1) is 12.1 Å². The fourth-order valence-electron chi connectivity index (χ4n) is 2.60. The molecular formula is C17H18N2O. The molecule has 2 aromatic carbocycles. The maximum absolute atomic E-state index is 12.0. The molecule has 3 nitrogen and oxygen atoms in total. The van der Waals surface area contributed by atoms with Crippen molar-refractivity contribution in [3.05, 3.63) is 71.8 Å². The number of amides is 1. The van der Waals surface area contributed by atoms with Gasteiger partial charge in [-0.25, -0.2) is 0 Å². The maximum atomic E-state index is 12.0. The summed E-state index contributed by atoms with van der Waals surface area (Å²) >= 11 is 0. The van der Waals surface area contributed by atoms with E-state index in [4.69, 9.17) is 0 Å². The van der Waals surface area contributed by atoms with Crippen LogP contribution < -0.4 is 10.6 Å². The zero-order valence-electron chi connectivity index (χ0n) is 11.3. The van der Waals surface area contributed by atoms with Crippen LogP contribution in [0.3, 0.4) is 0 Å². The van der Waals surface area contributed by atoms with E-state index in [0.717, 1.165) is 6.42 Å². The molecule has 0 radical (unpaired) electrons. The van der Waals surface area contributed by atoms with Gasteiger partial charge < -0.3 is 5.32 Å². The third-order valence-corrected chi connectivity index (χ3v) is 3.68. The van der Waals surface area contributed by atoms with E-state index in [2.05, 4.69) is 34.9 Å². The van der Waals surface area contributed by atoms with Crippen molar-refractivity contribution in [2.75, 3.05) is 6.54 Å². The van der Waals surface area contributed by atoms with E-state index in [1.54, 1.807) is 0 Å². The van der Waals surface area contributed by atoms with Gasteiger partial charge in [0, 0.05) is 6.54 Å². The topological polar surface area (TPSA) is 41.1 Å². The van der Waals surface area contributed by atoms with Crippen LogP contribution in [0.2, 0.25) is 0 Å². The quantitative estimate of drug-likeness (QED) is 0.893. The van der Waals surface area contributed by atoms with E-state index in [-0.39, 0.29) is 18.0 Å². The first-order valence-corrected chi connectivity index (χ1v) is 6.95. The maximum Gasteiger partial charge on any atom is 0.237 e. The first-order valence-electron chi connectivity index (χ1n) is 6.95. The normalized spacial score (nSPS) is 22.3. The van der Waals surface area contributed by atoms with Crippen molar-refractivity contribution in [3.8, 4) is 0 Å². The van der Waals surface area contributed by atoms with Gasteiger partial charge in [-0.3, -0.25) is 10.1 Å². The third-order valence-electron chi connectivity index (χ3n) is 3.68. The molecule has 3 rings (SSSR count). The van der Waals surface area contributed by atoms with Crippen LogP contribution in [-0.2, 0) is 11.2 Å². The molecule has 1 aliphatic heterocycles. The average Bonchev–Trinajstić information content (AvgIpc) is 2.51. The highest BCUT2D eigenvalue weighted by Gasteiger charge is 2.28. The number of carbonyl (C=O) groups excluding carboxylic acids is 1. The molecule has 1 amide bonds. The summed E-state index contributed by atoms with van der Waals surface area (Å²) in [5.74, 6) is 0.0843. The number of hydrogen-bond donors (Lipinski definition) is 2. The lowest BCUT2D eigenvalue weighted by molar-refractivity contribution is -0.125. The van der Waals surface area contributed by atoms with Crippen LogP contribution in [0.15, 0.2) is 60.7 Å². The summed E-state index contributed by atoms with van der Waals surface area (Å²) in [4.78, 5) is 12.0. The molecule has 2 atom stereocenters. The molecule has 1 saturated heterocycles. The number of benzene rings is 2. The fraction of sp³-hybridized carbons (Fsp3) is 0.235. The minimum atomic E-state index is -0.170. The molecule has 0 spiro atoms. The van der Waals surface area contributed by atoms with Gasteiger partial charge >= 0.3 is 0 Å². The van der Waals surface area contributed by atoms with E-state index in [1.165, 1.54) is 11.1 Å². The lowest BCUT2D eigenvalue weighted by atomic mass is 9.98. The van der Waals surface area contributed by atoms with Gasteiger partial charge in [-0.05, 0) is 17.5 Å². The first-order chi connectivity index (χ1) is 9.83. The van der Waals surface area contributed by atoms with Crippen molar-refractivity contribution in [2.45, 2.75) is 18.5 Å². The van der Waals surface area contributed by atoms with Gasteiger partial charge in [0.15, 0.2) is 0 Å². The van der Waals surface area contributed by atoms with E-state index >= 15 is 0 Å². The Kier molecular flexibility index (Phi) is 3.79. The smallest absolute Gasteiger partial charge is 0.237 e. The molecule has 0 aromatic heterocycles. The Morgan fingerprint density at radius 3 is 2.30 bits per heavy atom. The Morgan fingerprint density at radius 2 is 1.60 bits per heavy atom. The minimum Gasteiger partial charge on any atom is -0.353 e. The molecule has 0 unspecified atom stereocenters.